The van der Waals surface area contributed by atoms with Gasteiger partial charge in [0, 0.05) is 6.61 Å². The summed E-state index contributed by atoms with van der Waals surface area (Å²) in [6.07, 6.45) is 3.13. The molecule has 4 heterocycles. The molecule has 23 heavy (non-hydrogen) atoms. The van der Waals surface area contributed by atoms with Gasteiger partial charge in [-0.1, -0.05) is 6.07 Å². The van der Waals surface area contributed by atoms with E-state index in [4.69, 9.17) is 9.84 Å². The third-order valence-electron chi connectivity index (χ3n) is 4.22. The van der Waals surface area contributed by atoms with E-state index in [0.717, 1.165) is 51.6 Å². The molecule has 1 saturated heterocycles. The number of pyridine rings is 1. The molecule has 4 rings (SSSR count). The molecule has 122 valence electrons. The van der Waals surface area contributed by atoms with E-state index in [1.165, 1.54) is 0 Å². The van der Waals surface area contributed by atoms with E-state index in [1.54, 1.807) is 13.3 Å². The number of hydrogen-bond acceptors (Lipinski definition) is 4. The number of rotatable bonds is 2. The molecule has 0 aromatic carbocycles. The van der Waals surface area contributed by atoms with Gasteiger partial charge in [0.2, 0.25) is 0 Å². The van der Waals surface area contributed by atoms with Crippen LogP contribution in [0.1, 0.15) is 25.5 Å². The lowest BCUT2D eigenvalue weighted by atomic mass is 10.2. The van der Waals surface area contributed by atoms with Crippen LogP contribution in [0.15, 0.2) is 18.2 Å². The van der Waals surface area contributed by atoms with E-state index >= 15 is 0 Å². The van der Waals surface area contributed by atoms with Crippen LogP contribution in [-0.4, -0.2) is 39.3 Å². The Morgan fingerprint density at radius 2 is 2.13 bits per heavy atom. The van der Waals surface area contributed by atoms with Crippen LogP contribution in [0, 0.1) is 3.70 Å². The van der Waals surface area contributed by atoms with Crippen molar-refractivity contribution in [2.24, 2.45) is 0 Å². The second-order valence-corrected chi connectivity index (χ2v) is 10.5. The summed E-state index contributed by atoms with van der Waals surface area (Å²) in [5.74, 6) is 0. The van der Waals surface area contributed by atoms with Crippen molar-refractivity contribution >= 4 is 51.7 Å². The number of halogens is 1. The molecule has 1 atom stereocenters. The van der Waals surface area contributed by atoms with Gasteiger partial charge in [-0.25, -0.2) is 9.20 Å². The van der Waals surface area contributed by atoms with E-state index in [1.807, 2.05) is 27.4 Å². The van der Waals surface area contributed by atoms with Gasteiger partial charge in [0.25, 0.3) is 0 Å². The van der Waals surface area contributed by atoms with Crippen molar-refractivity contribution in [3.8, 4) is 0 Å². The predicted molar refractivity (Wildman–Crippen MR) is 99.1 cm³/mol. The average Bonchev–Trinajstić information content (AvgIpc) is 3.05. The fourth-order valence-electron chi connectivity index (χ4n) is 3.12. The SMILES string of the molecule is CP(C)(=O)c1cccc2c3c(I)nn(C4CCCCO4)c3nn12. The van der Waals surface area contributed by atoms with Crippen LogP contribution in [0.25, 0.3) is 16.6 Å². The number of hydrogen-bond donors (Lipinski definition) is 0. The van der Waals surface area contributed by atoms with Crippen molar-refractivity contribution < 1.29 is 9.30 Å². The summed E-state index contributed by atoms with van der Waals surface area (Å²) in [6, 6.07) is 5.84. The molecule has 1 unspecified atom stereocenters. The molecule has 8 heteroatoms. The topological polar surface area (TPSA) is 61.4 Å². The maximum Gasteiger partial charge on any atom is 0.184 e. The molecule has 1 aliphatic rings. The molecule has 1 aliphatic heterocycles. The first-order valence-electron chi connectivity index (χ1n) is 7.69. The lowest BCUT2D eigenvalue weighted by molar-refractivity contribution is -0.0372. The first-order valence-corrected chi connectivity index (χ1v) is 11.4. The highest BCUT2D eigenvalue weighted by Crippen LogP contribution is 2.36. The molecule has 0 aliphatic carbocycles. The van der Waals surface area contributed by atoms with Gasteiger partial charge in [0.05, 0.1) is 10.9 Å². The van der Waals surface area contributed by atoms with Crippen LogP contribution in [0.2, 0.25) is 0 Å². The Morgan fingerprint density at radius 1 is 1.30 bits per heavy atom. The van der Waals surface area contributed by atoms with Crippen LogP contribution < -0.4 is 5.44 Å². The van der Waals surface area contributed by atoms with Crippen molar-refractivity contribution in [3.05, 3.63) is 21.9 Å². The normalized spacial score (nSPS) is 19.7. The minimum Gasteiger partial charge on any atom is -0.356 e. The molecule has 0 amide bonds. The summed E-state index contributed by atoms with van der Waals surface area (Å²) in [5.41, 5.74) is 2.52. The van der Waals surface area contributed by atoms with E-state index in [-0.39, 0.29) is 6.23 Å². The molecule has 0 saturated carbocycles. The first kappa shape index (κ1) is 15.6. The van der Waals surface area contributed by atoms with Gasteiger partial charge < -0.3 is 9.30 Å². The van der Waals surface area contributed by atoms with Crippen LogP contribution in [0.5, 0.6) is 0 Å². The number of nitrogens with zero attached hydrogens (tertiary/aromatic N) is 4. The second kappa shape index (κ2) is 5.57. The molecule has 1 fully saturated rings. The second-order valence-electron chi connectivity index (χ2n) is 6.29. The van der Waals surface area contributed by atoms with Gasteiger partial charge in [-0.2, -0.15) is 5.10 Å². The lowest BCUT2D eigenvalue weighted by Gasteiger charge is -2.22. The zero-order valence-electron chi connectivity index (χ0n) is 13.1. The maximum atomic E-state index is 12.6. The molecule has 0 bridgehead atoms. The van der Waals surface area contributed by atoms with Crippen LogP contribution in [0.3, 0.4) is 0 Å². The van der Waals surface area contributed by atoms with Gasteiger partial charge in [-0.3, -0.25) is 0 Å². The van der Waals surface area contributed by atoms with Crippen molar-refractivity contribution in [1.29, 1.82) is 0 Å². The molecule has 0 radical (unpaired) electrons. The largest absolute Gasteiger partial charge is 0.356 e. The van der Waals surface area contributed by atoms with Crippen LogP contribution >= 0.6 is 29.7 Å². The minimum atomic E-state index is -2.42. The van der Waals surface area contributed by atoms with Gasteiger partial charge in [-0.05, 0) is 67.3 Å². The Kier molecular flexibility index (Phi) is 3.77. The smallest absolute Gasteiger partial charge is 0.184 e. The maximum absolute atomic E-state index is 12.6. The summed E-state index contributed by atoms with van der Waals surface area (Å²) in [7, 11) is -2.42. The average molecular weight is 444 g/mol. The van der Waals surface area contributed by atoms with Crippen LogP contribution in [-0.2, 0) is 9.30 Å². The third-order valence-corrected chi connectivity index (χ3v) is 6.42. The van der Waals surface area contributed by atoms with Crippen molar-refractivity contribution in [1.82, 2.24) is 19.4 Å². The summed E-state index contributed by atoms with van der Waals surface area (Å²) in [4.78, 5) is 0. The van der Waals surface area contributed by atoms with Crippen molar-refractivity contribution in [3.63, 3.8) is 0 Å². The molecule has 0 N–H and O–H groups in total. The highest BCUT2D eigenvalue weighted by Gasteiger charge is 2.25. The van der Waals surface area contributed by atoms with E-state index in [0.29, 0.717) is 0 Å². The molecular weight excluding hydrogens is 426 g/mol. The number of fused-ring (bicyclic) bond motifs is 3. The van der Waals surface area contributed by atoms with E-state index in [2.05, 4.69) is 27.7 Å². The van der Waals surface area contributed by atoms with Gasteiger partial charge in [0.15, 0.2) is 11.9 Å². The number of ether oxygens (including phenoxy) is 1. The Labute approximate surface area is 147 Å². The Hall–Kier alpha value is -0.920. The van der Waals surface area contributed by atoms with Gasteiger partial charge >= 0.3 is 0 Å². The quantitative estimate of drug-likeness (QED) is 0.450. The molecule has 3 aromatic rings. The van der Waals surface area contributed by atoms with Gasteiger partial charge in [0.1, 0.15) is 16.3 Å². The number of aromatic nitrogens is 4. The summed E-state index contributed by atoms with van der Waals surface area (Å²) in [5, 5.41) is 10.4. The Bertz CT molecular complexity index is 936. The van der Waals surface area contributed by atoms with Crippen molar-refractivity contribution in [2.75, 3.05) is 19.9 Å². The summed E-state index contributed by atoms with van der Waals surface area (Å²) < 4.78 is 23.1. The molecular formula is C15H18IN4O2P. The summed E-state index contributed by atoms with van der Waals surface area (Å²) in [6.45, 7) is 4.31. The zero-order valence-corrected chi connectivity index (χ0v) is 16.1. The monoisotopic (exact) mass is 444 g/mol. The minimum absolute atomic E-state index is 0.0572. The molecule has 0 spiro atoms. The Balaban J connectivity index is 2.00. The third kappa shape index (κ3) is 2.53. The van der Waals surface area contributed by atoms with E-state index in [9.17, 15) is 4.57 Å². The highest BCUT2D eigenvalue weighted by atomic mass is 127. The first-order chi connectivity index (χ1) is 11.0. The van der Waals surface area contributed by atoms with E-state index < -0.39 is 7.14 Å². The van der Waals surface area contributed by atoms with Crippen molar-refractivity contribution in [2.45, 2.75) is 25.5 Å². The summed E-state index contributed by atoms with van der Waals surface area (Å²) >= 11 is 2.24. The fraction of sp³-hybridized carbons (Fsp3) is 0.467. The lowest BCUT2D eigenvalue weighted by Crippen LogP contribution is -2.20. The van der Waals surface area contributed by atoms with Crippen LogP contribution in [0.4, 0.5) is 0 Å². The predicted octanol–water partition coefficient (Wildman–Crippen LogP) is 3.24. The standard InChI is InChI=1S/C15H18IN4O2P/c1-23(2,21)12-8-5-6-10-13-14(16)17-20(15(13)18-19(10)12)11-7-3-4-9-22-11/h5-6,8,11H,3-4,7,9H2,1-2H3. The fourth-order valence-corrected chi connectivity index (χ4v) is 4.92. The Morgan fingerprint density at radius 3 is 2.83 bits per heavy atom. The molecule has 3 aromatic heterocycles. The highest BCUT2D eigenvalue weighted by molar-refractivity contribution is 14.1. The molecule has 6 nitrogen and oxygen atoms in total. The van der Waals surface area contributed by atoms with Gasteiger partial charge in [-0.15, -0.1) is 5.10 Å². The zero-order chi connectivity index (χ0) is 16.2.